The van der Waals surface area contributed by atoms with E-state index in [0.717, 1.165) is 0 Å². The molecule has 5 heteroatoms. The second kappa shape index (κ2) is 7.65. The number of hydrogen-bond donors (Lipinski definition) is 4. The van der Waals surface area contributed by atoms with Gasteiger partial charge in [0.15, 0.2) is 0 Å². The van der Waals surface area contributed by atoms with Crippen molar-refractivity contribution in [2.45, 2.75) is 52.1 Å². The molecule has 0 aliphatic rings. The number of aliphatic hydroxyl groups is 4. The Balaban J connectivity index is 4.89. The van der Waals surface area contributed by atoms with E-state index in [1.165, 1.54) is 0 Å². The van der Waals surface area contributed by atoms with Crippen LogP contribution in [0.4, 0.5) is 0 Å². The van der Waals surface area contributed by atoms with E-state index in [1.807, 2.05) is 0 Å². The van der Waals surface area contributed by atoms with Gasteiger partial charge in [-0.1, -0.05) is 0 Å². The summed E-state index contributed by atoms with van der Waals surface area (Å²) in [5, 5.41) is 38.5. The minimum absolute atomic E-state index is 0.446. The summed E-state index contributed by atoms with van der Waals surface area (Å²) in [4.78, 5) is 0. The van der Waals surface area contributed by atoms with Crippen LogP contribution in [0.3, 0.4) is 0 Å². The van der Waals surface area contributed by atoms with E-state index in [4.69, 9.17) is 0 Å². The van der Waals surface area contributed by atoms with Crippen LogP contribution in [0.15, 0.2) is 0 Å². The number of rotatable bonds is 8. The molecule has 106 valence electrons. The average Bonchev–Trinajstić information content (AvgIpc) is 1.95. The van der Waals surface area contributed by atoms with Crippen LogP contribution >= 0.6 is 7.26 Å². The zero-order valence-electron chi connectivity index (χ0n) is 11.4. The Morgan fingerprint density at radius 3 is 0.882 bits per heavy atom. The van der Waals surface area contributed by atoms with Crippen molar-refractivity contribution in [2.75, 3.05) is 24.6 Å². The number of hydrogen-bond acceptors (Lipinski definition) is 4. The van der Waals surface area contributed by atoms with Gasteiger partial charge in [-0.25, -0.2) is 0 Å². The predicted octanol–water partition coefficient (Wildman–Crippen LogP) is 0.259. The van der Waals surface area contributed by atoms with Crippen molar-refractivity contribution in [3.63, 3.8) is 0 Å². The summed E-state index contributed by atoms with van der Waals surface area (Å²) in [7, 11) is -2.05. The van der Waals surface area contributed by atoms with Gasteiger partial charge in [-0.3, -0.25) is 0 Å². The molecule has 4 atom stereocenters. The summed E-state index contributed by atoms with van der Waals surface area (Å²) in [6, 6.07) is 0. The molecule has 0 amide bonds. The van der Waals surface area contributed by atoms with Gasteiger partial charge in [0.1, 0.15) is 0 Å². The summed E-state index contributed by atoms with van der Waals surface area (Å²) in [6.45, 7) is 6.92. The third kappa shape index (κ3) is 8.06. The van der Waals surface area contributed by atoms with E-state index < -0.39 is 31.7 Å². The molecule has 0 aromatic carbocycles. The van der Waals surface area contributed by atoms with Gasteiger partial charge in [-0.05, 0) is 0 Å². The number of aliphatic hydroxyl groups excluding tert-OH is 4. The summed E-state index contributed by atoms with van der Waals surface area (Å²) in [6.07, 6.45) is 0.690. The Labute approximate surface area is 105 Å². The molecule has 0 radical (unpaired) electrons. The molecule has 0 aromatic rings. The van der Waals surface area contributed by atoms with Crippen LogP contribution < -0.4 is 0 Å². The first-order chi connectivity index (χ1) is 7.67. The van der Waals surface area contributed by atoms with E-state index in [1.54, 1.807) is 27.7 Å². The molecular formula is C12H29O4P. The zero-order valence-corrected chi connectivity index (χ0v) is 12.4. The predicted molar refractivity (Wildman–Crippen MR) is 74.5 cm³/mol. The standard InChI is InChI=1S/C12H29O4P/c1-9(13)5-17(6-10(2)14,7-11(3)15)8-12(4)16/h9-17H,5-8H2,1-4H3. The van der Waals surface area contributed by atoms with Gasteiger partial charge in [0.25, 0.3) is 0 Å². The van der Waals surface area contributed by atoms with E-state index in [0.29, 0.717) is 24.6 Å². The van der Waals surface area contributed by atoms with Crippen LogP contribution in [-0.2, 0) is 0 Å². The monoisotopic (exact) mass is 268 g/mol. The maximum absolute atomic E-state index is 9.62. The Kier molecular flexibility index (Phi) is 7.77. The van der Waals surface area contributed by atoms with Crippen molar-refractivity contribution < 1.29 is 20.4 Å². The van der Waals surface area contributed by atoms with Crippen LogP contribution in [0, 0.1) is 0 Å². The van der Waals surface area contributed by atoms with E-state index in [2.05, 4.69) is 0 Å². The molecule has 4 unspecified atom stereocenters. The maximum atomic E-state index is 9.62. The molecule has 0 spiro atoms. The fourth-order valence-electron chi connectivity index (χ4n) is 3.01. The van der Waals surface area contributed by atoms with Crippen molar-refractivity contribution in [3.8, 4) is 0 Å². The fourth-order valence-corrected chi connectivity index (χ4v) is 9.02. The molecule has 0 saturated carbocycles. The second-order valence-electron chi connectivity index (χ2n) is 5.71. The molecule has 4 nitrogen and oxygen atoms in total. The summed E-state index contributed by atoms with van der Waals surface area (Å²) in [5.74, 6) is 0. The topological polar surface area (TPSA) is 80.9 Å². The molecule has 0 bridgehead atoms. The minimum atomic E-state index is -2.05. The first-order valence-corrected chi connectivity index (χ1v) is 9.22. The summed E-state index contributed by atoms with van der Waals surface area (Å²) >= 11 is 0. The molecule has 0 heterocycles. The quantitative estimate of drug-likeness (QED) is 0.476. The van der Waals surface area contributed by atoms with E-state index in [9.17, 15) is 20.4 Å². The Morgan fingerprint density at radius 2 is 0.765 bits per heavy atom. The van der Waals surface area contributed by atoms with Crippen LogP contribution in [-0.4, -0.2) is 69.5 Å². The van der Waals surface area contributed by atoms with Crippen LogP contribution in [0.1, 0.15) is 27.7 Å². The van der Waals surface area contributed by atoms with Gasteiger partial charge >= 0.3 is 104 Å². The molecule has 17 heavy (non-hydrogen) atoms. The van der Waals surface area contributed by atoms with Gasteiger partial charge in [-0.2, -0.15) is 0 Å². The average molecular weight is 268 g/mol. The van der Waals surface area contributed by atoms with Gasteiger partial charge in [0.2, 0.25) is 0 Å². The van der Waals surface area contributed by atoms with Crippen molar-refractivity contribution >= 4 is 7.26 Å². The SMILES string of the molecule is CC(O)C[PH](CC(C)O)(CC(C)O)CC(C)O. The van der Waals surface area contributed by atoms with Gasteiger partial charge in [0, 0.05) is 0 Å². The Bertz CT molecular complexity index is 159. The first-order valence-electron chi connectivity index (χ1n) is 6.39. The van der Waals surface area contributed by atoms with Crippen molar-refractivity contribution in [1.82, 2.24) is 0 Å². The molecular weight excluding hydrogens is 239 g/mol. The van der Waals surface area contributed by atoms with Crippen molar-refractivity contribution in [1.29, 1.82) is 0 Å². The molecule has 0 fully saturated rings. The van der Waals surface area contributed by atoms with E-state index >= 15 is 0 Å². The molecule has 4 N–H and O–H groups in total. The summed E-state index contributed by atoms with van der Waals surface area (Å²) in [5.41, 5.74) is 0. The van der Waals surface area contributed by atoms with Crippen LogP contribution in [0.5, 0.6) is 0 Å². The van der Waals surface area contributed by atoms with E-state index in [-0.39, 0.29) is 0 Å². The summed E-state index contributed by atoms with van der Waals surface area (Å²) < 4.78 is 0. The van der Waals surface area contributed by atoms with Crippen molar-refractivity contribution in [2.24, 2.45) is 0 Å². The fraction of sp³-hybridized carbons (Fsp3) is 1.00. The Hall–Kier alpha value is 0.270. The third-order valence-corrected chi connectivity index (χ3v) is 8.74. The third-order valence-electron chi connectivity index (χ3n) is 2.91. The molecule has 0 aliphatic heterocycles. The van der Waals surface area contributed by atoms with Gasteiger partial charge in [0.05, 0.1) is 0 Å². The molecule has 0 rings (SSSR count). The first kappa shape index (κ1) is 17.3. The Morgan fingerprint density at radius 1 is 0.588 bits per heavy atom. The second-order valence-corrected chi connectivity index (χ2v) is 10.3. The molecule has 0 saturated heterocycles. The molecule has 0 aromatic heterocycles. The van der Waals surface area contributed by atoms with Crippen LogP contribution in [0.25, 0.3) is 0 Å². The van der Waals surface area contributed by atoms with Gasteiger partial charge < -0.3 is 0 Å². The normalized spacial score (nSPS) is 20.7. The molecule has 0 aliphatic carbocycles. The van der Waals surface area contributed by atoms with Crippen LogP contribution in [0.2, 0.25) is 0 Å². The zero-order chi connectivity index (χ0) is 13.6. The van der Waals surface area contributed by atoms with Crippen molar-refractivity contribution in [3.05, 3.63) is 0 Å². The van der Waals surface area contributed by atoms with Gasteiger partial charge in [-0.15, -0.1) is 0 Å².